The third-order valence-corrected chi connectivity index (χ3v) is 3.10. The molecule has 0 aliphatic rings. The first-order valence-electron chi connectivity index (χ1n) is 5.70. The van der Waals surface area contributed by atoms with Crippen LogP contribution in [0.5, 0.6) is 0 Å². The van der Waals surface area contributed by atoms with Gasteiger partial charge < -0.3 is 4.42 Å². The van der Waals surface area contributed by atoms with E-state index in [4.69, 9.17) is 4.42 Å². The third-order valence-electron chi connectivity index (χ3n) is 3.10. The van der Waals surface area contributed by atoms with E-state index < -0.39 is 0 Å². The number of para-hydroxylation sites is 1. The Kier molecular flexibility index (Phi) is 1.80. The van der Waals surface area contributed by atoms with Crippen LogP contribution in [0.3, 0.4) is 0 Å². The molecule has 0 spiro atoms. The van der Waals surface area contributed by atoms with Gasteiger partial charge in [0.2, 0.25) is 0 Å². The summed E-state index contributed by atoms with van der Waals surface area (Å²) in [7, 11) is 0. The number of hydrogen-bond acceptors (Lipinski definition) is 3. The average Bonchev–Trinajstić information content (AvgIpc) is 3.05. The predicted octanol–water partition coefficient (Wildman–Crippen LogP) is 3.37. The van der Waals surface area contributed by atoms with Crippen molar-refractivity contribution >= 4 is 21.9 Å². The number of furan rings is 1. The van der Waals surface area contributed by atoms with Crippen LogP contribution in [0.25, 0.3) is 33.2 Å². The summed E-state index contributed by atoms with van der Waals surface area (Å²) < 4.78 is 5.83. The molecule has 18 heavy (non-hydrogen) atoms. The van der Waals surface area contributed by atoms with Gasteiger partial charge in [0.15, 0.2) is 0 Å². The average molecular weight is 235 g/mol. The van der Waals surface area contributed by atoms with Crippen molar-refractivity contribution in [3.8, 4) is 11.3 Å². The largest absolute Gasteiger partial charge is 0.456 e. The molecule has 0 bridgehead atoms. The fourth-order valence-electron chi connectivity index (χ4n) is 2.32. The van der Waals surface area contributed by atoms with E-state index in [-0.39, 0.29) is 0 Å². The summed E-state index contributed by atoms with van der Waals surface area (Å²) in [5, 5.41) is 12.8. The van der Waals surface area contributed by atoms with Crippen LogP contribution < -0.4 is 0 Å². The third kappa shape index (κ3) is 1.20. The first-order valence-corrected chi connectivity index (χ1v) is 5.70. The maximum Gasteiger partial charge on any atom is 0.136 e. The Morgan fingerprint density at radius 1 is 0.944 bits per heavy atom. The number of fused-ring (bicyclic) bond motifs is 3. The van der Waals surface area contributed by atoms with E-state index in [9.17, 15) is 0 Å². The Hall–Kier alpha value is -2.62. The molecule has 2 heterocycles. The summed E-state index contributed by atoms with van der Waals surface area (Å²) in [6.07, 6.45) is 1.79. The van der Waals surface area contributed by atoms with Crippen molar-refractivity contribution in [3.63, 3.8) is 0 Å². The highest BCUT2D eigenvalue weighted by atomic mass is 16.3. The molecule has 0 aliphatic carbocycles. The summed E-state index contributed by atoms with van der Waals surface area (Å²) in [6, 6.07) is 14.0. The number of nitrogens with one attached hydrogen (secondary N) is 1. The second-order valence-corrected chi connectivity index (χ2v) is 4.14. The molecule has 0 unspecified atom stereocenters. The van der Waals surface area contributed by atoms with Crippen molar-refractivity contribution in [1.29, 1.82) is 0 Å². The van der Waals surface area contributed by atoms with E-state index in [1.165, 1.54) is 0 Å². The van der Waals surface area contributed by atoms with Gasteiger partial charge in [-0.2, -0.15) is 0 Å². The molecule has 4 aromatic rings. The van der Waals surface area contributed by atoms with Crippen LogP contribution in [0.2, 0.25) is 0 Å². The van der Waals surface area contributed by atoms with Crippen LogP contribution in [0.1, 0.15) is 0 Å². The van der Waals surface area contributed by atoms with Crippen molar-refractivity contribution in [1.82, 2.24) is 15.4 Å². The maximum absolute atomic E-state index is 5.83. The fourth-order valence-corrected chi connectivity index (χ4v) is 2.32. The topological polar surface area (TPSA) is 54.7 Å². The van der Waals surface area contributed by atoms with Gasteiger partial charge in [-0.3, -0.25) is 5.10 Å². The molecule has 0 aliphatic heterocycles. The zero-order valence-electron chi connectivity index (χ0n) is 9.42. The summed E-state index contributed by atoms with van der Waals surface area (Å²) in [5.41, 5.74) is 3.62. The Morgan fingerprint density at radius 3 is 2.72 bits per heavy atom. The van der Waals surface area contributed by atoms with E-state index in [2.05, 4.69) is 21.5 Å². The van der Waals surface area contributed by atoms with Crippen molar-refractivity contribution < 1.29 is 4.42 Å². The highest BCUT2D eigenvalue weighted by Crippen LogP contribution is 2.35. The molecule has 0 saturated carbocycles. The smallest absolute Gasteiger partial charge is 0.136 e. The number of benzene rings is 2. The van der Waals surface area contributed by atoms with Crippen molar-refractivity contribution in [3.05, 3.63) is 48.7 Å². The van der Waals surface area contributed by atoms with Gasteiger partial charge in [-0.05, 0) is 12.1 Å². The molecule has 0 saturated heterocycles. The molecule has 2 aromatic heterocycles. The van der Waals surface area contributed by atoms with Crippen LogP contribution in [-0.2, 0) is 0 Å². The van der Waals surface area contributed by atoms with Crippen molar-refractivity contribution in [2.24, 2.45) is 0 Å². The molecule has 0 amide bonds. The number of hydrogen-bond donors (Lipinski definition) is 1. The minimum atomic E-state index is 0.826. The molecule has 0 fully saturated rings. The number of rotatable bonds is 1. The maximum atomic E-state index is 5.83. The first kappa shape index (κ1) is 9.41. The van der Waals surface area contributed by atoms with E-state index in [0.29, 0.717) is 0 Å². The second-order valence-electron chi connectivity index (χ2n) is 4.14. The standard InChI is InChI=1S/C14H9N3O/c1-2-6-12-10(4-1)14-9(11-8-15-17-16-11)5-3-7-13(14)18-12/h1-8H,(H,15,16,17). The van der Waals surface area contributed by atoms with E-state index in [1.54, 1.807) is 6.20 Å². The van der Waals surface area contributed by atoms with Crippen LogP contribution in [0.15, 0.2) is 53.1 Å². The van der Waals surface area contributed by atoms with Gasteiger partial charge in [0.1, 0.15) is 16.9 Å². The molecule has 0 radical (unpaired) electrons. The Balaban J connectivity index is 2.21. The van der Waals surface area contributed by atoms with Gasteiger partial charge in [-0.1, -0.05) is 35.5 Å². The van der Waals surface area contributed by atoms with Crippen LogP contribution >= 0.6 is 0 Å². The summed E-state index contributed by atoms with van der Waals surface area (Å²) in [6.45, 7) is 0. The molecule has 4 heteroatoms. The lowest BCUT2D eigenvalue weighted by atomic mass is 10.0. The highest BCUT2D eigenvalue weighted by molar-refractivity contribution is 6.11. The van der Waals surface area contributed by atoms with Gasteiger partial charge in [-0.25, -0.2) is 0 Å². The molecule has 2 aromatic carbocycles. The molecule has 4 nitrogen and oxygen atoms in total. The van der Waals surface area contributed by atoms with E-state index in [1.807, 2.05) is 36.4 Å². The van der Waals surface area contributed by atoms with Crippen molar-refractivity contribution in [2.75, 3.05) is 0 Å². The minimum absolute atomic E-state index is 0.826. The Morgan fingerprint density at radius 2 is 1.83 bits per heavy atom. The quantitative estimate of drug-likeness (QED) is 0.550. The van der Waals surface area contributed by atoms with Gasteiger partial charge in [0.25, 0.3) is 0 Å². The zero-order valence-corrected chi connectivity index (χ0v) is 9.42. The fraction of sp³-hybridized carbons (Fsp3) is 0. The molecule has 4 rings (SSSR count). The predicted molar refractivity (Wildman–Crippen MR) is 69.1 cm³/mol. The lowest BCUT2D eigenvalue weighted by Gasteiger charge is -1.97. The van der Waals surface area contributed by atoms with Crippen LogP contribution in [0.4, 0.5) is 0 Å². The lowest BCUT2D eigenvalue weighted by molar-refractivity contribution is 0.669. The van der Waals surface area contributed by atoms with Crippen LogP contribution in [-0.4, -0.2) is 15.4 Å². The summed E-state index contributed by atoms with van der Waals surface area (Å²) in [5.74, 6) is 0. The number of aromatic nitrogens is 3. The highest BCUT2D eigenvalue weighted by Gasteiger charge is 2.12. The zero-order chi connectivity index (χ0) is 11.9. The summed E-state index contributed by atoms with van der Waals surface area (Å²) in [4.78, 5) is 0. The SMILES string of the molecule is c1ccc2c(c1)oc1cccc(-c3c[nH]nn3)c12. The van der Waals surface area contributed by atoms with E-state index >= 15 is 0 Å². The van der Waals surface area contributed by atoms with Gasteiger partial charge in [0.05, 0.1) is 6.20 Å². The van der Waals surface area contributed by atoms with Crippen molar-refractivity contribution in [2.45, 2.75) is 0 Å². The molecule has 1 N–H and O–H groups in total. The summed E-state index contributed by atoms with van der Waals surface area (Å²) >= 11 is 0. The minimum Gasteiger partial charge on any atom is -0.456 e. The molecule has 86 valence electrons. The van der Waals surface area contributed by atoms with Gasteiger partial charge in [0, 0.05) is 16.3 Å². The Bertz CT molecular complexity index is 831. The van der Waals surface area contributed by atoms with E-state index in [0.717, 1.165) is 33.2 Å². The monoisotopic (exact) mass is 235 g/mol. The van der Waals surface area contributed by atoms with Gasteiger partial charge >= 0.3 is 0 Å². The Labute approximate surface area is 102 Å². The molecular weight excluding hydrogens is 226 g/mol. The van der Waals surface area contributed by atoms with Gasteiger partial charge in [-0.15, -0.1) is 5.10 Å². The normalized spacial score (nSPS) is 11.3. The first-order chi connectivity index (χ1) is 8.93. The number of nitrogens with zero attached hydrogens (tertiary/aromatic N) is 2. The lowest BCUT2D eigenvalue weighted by Crippen LogP contribution is -1.79. The van der Waals surface area contributed by atoms with Crippen LogP contribution in [0, 0.1) is 0 Å². The number of H-pyrrole nitrogens is 1. The number of aromatic amines is 1. The molecule has 0 atom stereocenters. The molecular formula is C14H9N3O. The second kappa shape index (κ2) is 3.43.